The zero-order valence-corrected chi connectivity index (χ0v) is 19.2. The molecule has 0 aromatic carbocycles. The lowest BCUT2D eigenvalue weighted by Gasteiger charge is -2.15. The van der Waals surface area contributed by atoms with Gasteiger partial charge in [-0.3, -0.25) is 9.98 Å². The Kier molecular flexibility index (Phi) is 14.5. The third kappa shape index (κ3) is 10.8. The first-order valence-electron chi connectivity index (χ1n) is 9.06. The van der Waals surface area contributed by atoms with Crippen LogP contribution in [0.2, 0.25) is 0 Å². The van der Waals surface area contributed by atoms with Crippen LogP contribution in [0.3, 0.4) is 0 Å². The van der Waals surface area contributed by atoms with Crippen LogP contribution in [0.5, 0.6) is 0 Å². The molecular weight excluding hydrogens is 481 g/mol. The van der Waals surface area contributed by atoms with E-state index in [1.165, 1.54) is 18.5 Å². The van der Waals surface area contributed by atoms with Gasteiger partial charge >= 0.3 is 0 Å². The number of pyridine rings is 1. The third-order valence-corrected chi connectivity index (χ3v) is 5.19. The van der Waals surface area contributed by atoms with Gasteiger partial charge in [-0.25, -0.2) is 13.1 Å². The highest BCUT2D eigenvalue weighted by Gasteiger charge is 2.13. The Morgan fingerprint density at radius 1 is 1.26 bits per heavy atom. The smallest absolute Gasteiger partial charge is 0.242 e. The number of hydrogen-bond donors (Lipinski definition) is 4. The first-order chi connectivity index (χ1) is 12.5. The number of aromatic nitrogens is 1. The molecule has 1 aromatic heterocycles. The molecule has 0 aliphatic rings. The van der Waals surface area contributed by atoms with Crippen LogP contribution in [0, 0.1) is 5.92 Å². The number of aliphatic imine (C=N–C) groups is 1. The number of hydrogen-bond acceptors (Lipinski definition) is 5. The number of aliphatic hydroxyl groups excluding tert-OH is 1. The standard InChI is InChI=1S/C17H31N5O3S.HI/c1-3-6-15(8-12-23)13-21-17(19-4-2)20-10-11-22-26(24,25)16-7-5-9-18-14-16;/h5,7,9,14-15,22-23H,3-4,6,8,10-13H2,1-2H3,(H2,19,20,21);1H. The van der Waals surface area contributed by atoms with E-state index in [2.05, 4.69) is 32.3 Å². The number of nitrogens with zero attached hydrogens (tertiary/aromatic N) is 2. The molecule has 1 aromatic rings. The maximum absolute atomic E-state index is 12.1. The van der Waals surface area contributed by atoms with E-state index in [-0.39, 0.29) is 42.0 Å². The third-order valence-electron chi connectivity index (χ3n) is 3.74. The van der Waals surface area contributed by atoms with Crippen molar-refractivity contribution in [2.45, 2.75) is 38.0 Å². The molecule has 10 heteroatoms. The summed E-state index contributed by atoms with van der Waals surface area (Å²) in [6.07, 6.45) is 5.66. The van der Waals surface area contributed by atoms with Crippen molar-refractivity contribution < 1.29 is 13.5 Å². The van der Waals surface area contributed by atoms with Crippen LogP contribution >= 0.6 is 24.0 Å². The molecule has 1 unspecified atom stereocenters. The Morgan fingerprint density at radius 2 is 2.04 bits per heavy atom. The number of rotatable bonds is 12. The Labute approximate surface area is 179 Å². The minimum Gasteiger partial charge on any atom is -0.396 e. The highest BCUT2D eigenvalue weighted by atomic mass is 127. The summed E-state index contributed by atoms with van der Waals surface area (Å²) in [6, 6.07) is 3.09. The molecule has 0 spiro atoms. The molecule has 0 radical (unpaired) electrons. The highest BCUT2D eigenvalue weighted by Crippen LogP contribution is 2.11. The van der Waals surface area contributed by atoms with Crippen molar-refractivity contribution in [3.63, 3.8) is 0 Å². The summed E-state index contributed by atoms with van der Waals surface area (Å²) < 4.78 is 26.8. The predicted molar refractivity (Wildman–Crippen MR) is 119 cm³/mol. The van der Waals surface area contributed by atoms with E-state index >= 15 is 0 Å². The zero-order valence-electron chi connectivity index (χ0n) is 16.0. The summed E-state index contributed by atoms with van der Waals surface area (Å²) in [4.78, 5) is 8.51. The molecule has 0 aliphatic carbocycles. The molecule has 0 fully saturated rings. The van der Waals surface area contributed by atoms with E-state index < -0.39 is 10.0 Å². The maximum Gasteiger partial charge on any atom is 0.242 e. The summed E-state index contributed by atoms with van der Waals surface area (Å²) in [6.45, 7) is 6.24. The van der Waals surface area contributed by atoms with E-state index in [1.54, 1.807) is 6.07 Å². The van der Waals surface area contributed by atoms with Crippen molar-refractivity contribution in [3.05, 3.63) is 24.5 Å². The molecular formula is C17H32IN5O3S. The molecule has 8 nitrogen and oxygen atoms in total. The average Bonchev–Trinajstić information content (AvgIpc) is 2.64. The molecule has 1 atom stereocenters. The first kappa shape index (κ1) is 26.0. The lowest BCUT2D eigenvalue weighted by atomic mass is 10.0. The Hall–Kier alpha value is -0.980. The van der Waals surface area contributed by atoms with Crippen LogP contribution < -0.4 is 15.4 Å². The van der Waals surface area contributed by atoms with Crippen molar-refractivity contribution in [2.24, 2.45) is 10.9 Å². The molecule has 156 valence electrons. The summed E-state index contributed by atoms with van der Waals surface area (Å²) in [5.41, 5.74) is 0. The van der Waals surface area contributed by atoms with Crippen molar-refractivity contribution in [1.82, 2.24) is 20.3 Å². The van der Waals surface area contributed by atoms with Crippen LogP contribution in [0.4, 0.5) is 0 Å². The van der Waals surface area contributed by atoms with Gasteiger partial charge in [-0.2, -0.15) is 0 Å². The number of guanidine groups is 1. The SMILES string of the molecule is CCCC(CCO)CN=C(NCC)NCCNS(=O)(=O)c1cccnc1.I. The first-order valence-corrected chi connectivity index (χ1v) is 10.5. The number of aliphatic hydroxyl groups is 1. The fraction of sp³-hybridized carbons (Fsp3) is 0.647. The van der Waals surface area contributed by atoms with Crippen LogP contribution in [0.15, 0.2) is 34.4 Å². The van der Waals surface area contributed by atoms with Crippen LogP contribution in [-0.4, -0.2) is 57.3 Å². The van der Waals surface area contributed by atoms with Gasteiger partial charge in [0.05, 0.1) is 0 Å². The Morgan fingerprint density at radius 3 is 2.63 bits per heavy atom. The molecule has 27 heavy (non-hydrogen) atoms. The van der Waals surface area contributed by atoms with Gasteiger partial charge in [0.25, 0.3) is 0 Å². The van der Waals surface area contributed by atoms with Gasteiger partial charge in [0, 0.05) is 45.2 Å². The van der Waals surface area contributed by atoms with Gasteiger partial charge in [-0.1, -0.05) is 13.3 Å². The van der Waals surface area contributed by atoms with E-state index in [9.17, 15) is 8.42 Å². The topological polar surface area (TPSA) is 116 Å². The fourth-order valence-electron chi connectivity index (χ4n) is 2.44. The molecule has 1 rings (SSSR count). The van der Waals surface area contributed by atoms with E-state index in [0.717, 1.165) is 19.3 Å². The molecule has 1 heterocycles. The molecule has 4 N–H and O–H groups in total. The van der Waals surface area contributed by atoms with E-state index in [1.807, 2.05) is 6.92 Å². The normalized spacial score (nSPS) is 12.9. The second-order valence-corrected chi connectivity index (χ2v) is 7.67. The van der Waals surface area contributed by atoms with Crippen LogP contribution in [0.1, 0.15) is 33.1 Å². The molecule has 0 saturated carbocycles. The second-order valence-electron chi connectivity index (χ2n) is 5.90. The maximum atomic E-state index is 12.1. The quantitative estimate of drug-likeness (QED) is 0.145. The average molecular weight is 513 g/mol. The summed E-state index contributed by atoms with van der Waals surface area (Å²) in [7, 11) is -3.55. The minimum absolute atomic E-state index is 0. The van der Waals surface area contributed by atoms with Gasteiger partial charge in [0.2, 0.25) is 10.0 Å². The largest absolute Gasteiger partial charge is 0.396 e. The van der Waals surface area contributed by atoms with Crippen LogP contribution in [0.25, 0.3) is 0 Å². The number of nitrogens with one attached hydrogen (secondary N) is 3. The Balaban J connectivity index is 0.00000676. The predicted octanol–water partition coefficient (Wildman–Crippen LogP) is 1.33. The van der Waals surface area contributed by atoms with Gasteiger partial charge in [-0.15, -0.1) is 24.0 Å². The van der Waals surface area contributed by atoms with Crippen molar-refractivity contribution in [1.29, 1.82) is 0 Å². The van der Waals surface area contributed by atoms with Gasteiger partial charge in [0.1, 0.15) is 4.90 Å². The molecule has 0 amide bonds. The van der Waals surface area contributed by atoms with Crippen LogP contribution in [-0.2, 0) is 10.0 Å². The number of sulfonamides is 1. The van der Waals surface area contributed by atoms with Gasteiger partial charge < -0.3 is 15.7 Å². The highest BCUT2D eigenvalue weighted by molar-refractivity contribution is 14.0. The monoisotopic (exact) mass is 513 g/mol. The van der Waals surface area contributed by atoms with E-state index in [0.29, 0.717) is 31.5 Å². The molecule has 0 aliphatic heterocycles. The second kappa shape index (κ2) is 15.0. The van der Waals surface area contributed by atoms with Crippen molar-refractivity contribution in [3.8, 4) is 0 Å². The van der Waals surface area contributed by atoms with Gasteiger partial charge in [0.15, 0.2) is 5.96 Å². The minimum atomic E-state index is -3.55. The summed E-state index contributed by atoms with van der Waals surface area (Å²) in [5, 5.41) is 15.4. The lowest BCUT2D eigenvalue weighted by molar-refractivity contribution is 0.253. The summed E-state index contributed by atoms with van der Waals surface area (Å²) >= 11 is 0. The van der Waals surface area contributed by atoms with Gasteiger partial charge in [-0.05, 0) is 37.8 Å². The molecule has 0 bridgehead atoms. The molecule has 0 saturated heterocycles. The van der Waals surface area contributed by atoms with Crippen molar-refractivity contribution in [2.75, 3.05) is 32.8 Å². The lowest BCUT2D eigenvalue weighted by Crippen LogP contribution is -2.41. The Bertz CT molecular complexity index is 623. The fourth-order valence-corrected chi connectivity index (χ4v) is 3.43. The van der Waals surface area contributed by atoms with E-state index in [4.69, 9.17) is 5.11 Å². The summed E-state index contributed by atoms with van der Waals surface area (Å²) in [5.74, 6) is 0.997. The van der Waals surface area contributed by atoms with Crippen molar-refractivity contribution >= 4 is 40.0 Å². The zero-order chi connectivity index (χ0) is 19.3. The number of halogens is 1.